The second kappa shape index (κ2) is 7.95. The lowest BCUT2D eigenvalue weighted by atomic mass is 9.98. The smallest absolute Gasteiger partial charge is 0.243 e. The van der Waals surface area contributed by atoms with Gasteiger partial charge in [0.25, 0.3) is 0 Å². The molecule has 3 rings (SSSR count). The molecule has 0 spiro atoms. The first-order chi connectivity index (χ1) is 11.7. The predicted molar refractivity (Wildman–Crippen MR) is 90.5 cm³/mol. The lowest BCUT2D eigenvalue weighted by Crippen LogP contribution is -2.30. The molecule has 1 N–H and O–H groups in total. The molecule has 1 aliphatic rings. The standard InChI is InChI=1S/C18H24N4O2/c1-14(22-10-9-19-13-22)18(23)21-12-15-7-8-17(20-11-15)24-16-5-3-2-4-6-16/h7-11,13-14,16H,2-6,12H2,1H3,(H,21,23)/t14-/m0/s1. The van der Waals surface area contributed by atoms with Crippen molar-refractivity contribution in [2.75, 3.05) is 0 Å². The second-order valence-corrected chi connectivity index (χ2v) is 6.29. The molecule has 6 heteroatoms. The van der Waals surface area contributed by atoms with Gasteiger partial charge in [-0.05, 0) is 38.2 Å². The molecule has 1 saturated carbocycles. The second-order valence-electron chi connectivity index (χ2n) is 6.29. The van der Waals surface area contributed by atoms with Crippen LogP contribution >= 0.6 is 0 Å². The summed E-state index contributed by atoms with van der Waals surface area (Å²) in [6.07, 6.45) is 13.2. The van der Waals surface area contributed by atoms with Crippen LogP contribution in [0.25, 0.3) is 0 Å². The maximum atomic E-state index is 12.1. The van der Waals surface area contributed by atoms with E-state index in [1.165, 1.54) is 19.3 Å². The molecular formula is C18H24N4O2. The minimum Gasteiger partial charge on any atom is -0.474 e. The summed E-state index contributed by atoms with van der Waals surface area (Å²) in [6.45, 7) is 2.30. The number of rotatable bonds is 6. The zero-order valence-corrected chi connectivity index (χ0v) is 14.0. The van der Waals surface area contributed by atoms with Crippen molar-refractivity contribution >= 4 is 5.91 Å². The lowest BCUT2D eigenvalue weighted by Gasteiger charge is -2.22. The third-order valence-electron chi connectivity index (χ3n) is 4.46. The summed E-state index contributed by atoms with van der Waals surface area (Å²) in [6, 6.07) is 3.55. The Morgan fingerprint density at radius 2 is 2.21 bits per heavy atom. The normalized spacial score (nSPS) is 16.5. The number of aromatic nitrogens is 3. The lowest BCUT2D eigenvalue weighted by molar-refractivity contribution is -0.124. The first kappa shape index (κ1) is 16.5. The third-order valence-corrected chi connectivity index (χ3v) is 4.46. The van der Waals surface area contributed by atoms with Gasteiger partial charge in [0.2, 0.25) is 11.8 Å². The fraction of sp³-hybridized carbons (Fsp3) is 0.500. The first-order valence-electron chi connectivity index (χ1n) is 8.59. The molecule has 2 aromatic heterocycles. The molecule has 2 aromatic rings. The van der Waals surface area contributed by atoms with Gasteiger partial charge in [0, 0.05) is 31.2 Å². The van der Waals surface area contributed by atoms with E-state index in [0.29, 0.717) is 18.5 Å². The van der Waals surface area contributed by atoms with Crippen molar-refractivity contribution in [3.8, 4) is 5.88 Å². The number of ether oxygens (including phenoxy) is 1. The molecule has 24 heavy (non-hydrogen) atoms. The van der Waals surface area contributed by atoms with Gasteiger partial charge in [0.1, 0.15) is 12.1 Å². The fourth-order valence-electron chi connectivity index (χ4n) is 2.91. The summed E-state index contributed by atoms with van der Waals surface area (Å²) in [5.74, 6) is 0.624. The zero-order valence-electron chi connectivity index (χ0n) is 14.0. The number of imidazole rings is 1. The molecule has 1 aliphatic carbocycles. The Bertz CT molecular complexity index is 634. The van der Waals surface area contributed by atoms with Gasteiger partial charge in [-0.1, -0.05) is 12.5 Å². The van der Waals surface area contributed by atoms with Gasteiger partial charge in [-0.25, -0.2) is 9.97 Å². The van der Waals surface area contributed by atoms with Crippen molar-refractivity contribution in [2.45, 2.75) is 57.7 Å². The summed E-state index contributed by atoms with van der Waals surface area (Å²) in [4.78, 5) is 20.5. The Labute approximate surface area is 142 Å². The first-order valence-corrected chi connectivity index (χ1v) is 8.59. The highest BCUT2D eigenvalue weighted by atomic mass is 16.5. The van der Waals surface area contributed by atoms with Crippen LogP contribution in [0.5, 0.6) is 5.88 Å². The van der Waals surface area contributed by atoms with Crippen molar-refractivity contribution in [2.24, 2.45) is 0 Å². The van der Waals surface area contributed by atoms with E-state index < -0.39 is 0 Å². The Morgan fingerprint density at radius 3 is 2.88 bits per heavy atom. The van der Waals surface area contributed by atoms with E-state index >= 15 is 0 Å². The summed E-state index contributed by atoms with van der Waals surface area (Å²) in [7, 11) is 0. The maximum Gasteiger partial charge on any atom is 0.243 e. The Morgan fingerprint density at radius 1 is 1.38 bits per heavy atom. The van der Waals surface area contributed by atoms with Crippen LogP contribution < -0.4 is 10.1 Å². The van der Waals surface area contributed by atoms with E-state index in [0.717, 1.165) is 18.4 Å². The molecule has 0 aromatic carbocycles. The maximum absolute atomic E-state index is 12.1. The van der Waals surface area contributed by atoms with Crippen LogP contribution in [0.15, 0.2) is 37.1 Å². The van der Waals surface area contributed by atoms with Crippen molar-refractivity contribution in [3.63, 3.8) is 0 Å². The zero-order chi connectivity index (χ0) is 16.8. The molecule has 1 amide bonds. The molecule has 0 aliphatic heterocycles. The monoisotopic (exact) mass is 328 g/mol. The number of nitrogens with one attached hydrogen (secondary N) is 1. The number of carbonyl (C=O) groups is 1. The molecule has 1 fully saturated rings. The summed E-state index contributed by atoms with van der Waals surface area (Å²) in [5.41, 5.74) is 0.956. The van der Waals surface area contributed by atoms with E-state index in [-0.39, 0.29) is 11.9 Å². The molecule has 6 nitrogen and oxygen atoms in total. The highest BCUT2D eigenvalue weighted by Crippen LogP contribution is 2.22. The van der Waals surface area contributed by atoms with E-state index in [2.05, 4.69) is 15.3 Å². The Balaban J connectivity index is 1.48. The quantitative estimate of drug-likeness (QED) is 0.885. The molecule has 0 radical (unpaired) electrons. The molecule has 0 saturated heterocycles. The van der Waals surface area contributed by atoms with Crippen LogP contribution in [0.1, 0.15) is 50.6 Å². The van der Waals surface area contributed by atoms with Crippen molar-refractivity contribution < 1.29 is 9.53 Å². The SMILES string of the molecule is C[C@@H](C(=O)NCc1ccc(OC2CCCCC2)nc1)n1ccnc1. The van der Waals surface area contributed by atoms with Gasteiger partial charge < -0.3 is 14.6 Å². The largest absolute Gasteiger partial charge is 0.474 e. The molecule has 0 bridgehead atoms. The molecule has 128 valence electrons. The summed E-state index contributed by atoms with van der Waals surface area (Å²) < 4.78 is 7.69. The van der Waals surface area contributed by atoms with Gasteiger partial charge >= 0.3 is 0 Å². The van der Waals surface area contributed by atoms with Gasteiger partial charge in [-0.15, -0.1) is 0 Å². The Kier molecular flexibility index (Phi) is 5.46. The average Bonchev–Trinajstić information content (AvgIpc) is 3.16. The molecule has 2 heterocycles. The van der Waals surface area contributed by atoms with Gasteiger partial charge in [0.05, 0.1) is 6.33 Å². The van der Waals surface area contributed by atoms with Gasteiger partial charge in [-0.2, -0.15) is 0 Å². The minimum absolute atomic E-state index is 0.0458. The summed E-state index contributed by atoms with van der Waals surface area (Å²) >= 11 is 0. The minimum atomic E-state index is -0.283. The summed E-state index contributed by atoms with van der Waals surface area (Å²) in [5, 5.41) is 2.92. The van der Waals surface area contributed by atoms with Crippen molar-refractivity contribution in [1.29, 1.82) is 0 Å². The van der Waals surface area contributed by atoms with Crippen LogP contribution in [0.2, 0.25) is 0 Å². The van der Waals surface area contributed by atoms with Crippen LogP contribution in [0, 0.1) is 0 Å². The molecule has 1 atom stereocenters. The van der Waals surface area contributed by atoms with E-state index in [1.54, 1.807) is 29.5 Å². The van der Waals surface area contributed by atoms with Gasteiger partial charge in [0.15, 0.2) is 0 Å². The van der Waals surface area contributed by atoms with E-state index in [9.17, 15) is 4.79 Å². The predicted octanol–water partition coefficient (Wildman–Crippen LogP) is 2.87. The Hall–Kier alpha value is -2.37. The average molecular weight is 328 g/mol. The highest BCUT2D eigenvalue weighted by Gasteiger charge is 2.16. The van der Waals surface area contributed by atoms with Crippen LogP contribution in [-0.4, -0.2) is 26.5 Å². The highest BCUT2D eigenvalue weighted by molar-refractivity contribution is 5.79. The van der Waals surface area contributed by atoms with Crippen LogP contribution in [0.3, 0.4) is 0 Å². The number of amides is 1. The van der Waals surface area contributed by atoms with E-state index in [1.807, 2.05) is 19.1 Å². The number of hydrogen-bond donors (Lipinski definition) is 1. The fourth-order valence-corrected chi connectivity index (χ4v) is 2.91. The molecule has 0 unspecified atom stereocenters. The number of carbonyl (C=O) groups excluding carboxylic acids is 1. The van der Waals surface area contributed by atoms with Crippen LogP contribution in [0.4, 0.5) is 0 Å². The van der Waals surface area contributed by atoms with Crippen LogP contribution in [-0.2, 0) is 11.3 Å². The number of nitrogens with zero attached hydrogens (tertiary/aromatic N) is 3. The third kappa shape index (κ3) is 4.34. The van der Waals surface area contributed by atoms with Crippen molar-refractivity contribution in [1.82, 2.24) is 19.9 Å². The number of pyridine rings is 1. The van der Waals surface area contributed by atoms with Gasteiger partial charge in [-0.3, -0.25) is 4.79 Å². The molecular weight excluding hydrogens is 304 g/mol. The van der Waals surface area contributed by atoms with Crippen molar-refractivity contribution in [3.05, 3.63) is 42.6 Å². The van der Waals surface area contributed by atoms with E-state index in [4.69, 9.17) is 4.74 Å². The number of hydrogen-bond acceptors (Lipinski definition) is 4. The topological polar surface area (TPSA) is 69.0 Å².